The van der Waals surface area contributed by atoms with Crippen molar-refractivity contribution in [3.8, 4) is 17.2 Å². The van der Waals surface area contributed by atoms with Crippen molar-refractivity contribution in [2.45, 2.75) is 6.92 Å². The zero-order valence-corrected chi connectivity index (χ0v) is 16.0. The number of ketones is 1. The van der Waals surface area contributed by atoms with Crippen LogP contribution < -0.4 is 14.2 Å². The number of hydrogen-bond donors (Lipinski definition) is 0. The molecule has 3 aromatic carbocycles. The number of carbonyl (C=O) groups excluding carboxylic acids is 2. The van der Waals surface area contributed by atoms with Crippen molar-refractivity contribution in [2.24, 2.45) is 0 Å². The Bertz CT molecular complexity index is 1140. The van der Waals surface area contributed by atoms with Gasteiger partial charge in [0.2, 0.25) is 5.78 Å². The van der Waals surface area contributed by atoms with E-state index in [0.717, 1.165) is 11.1 Å². The van der Waals surface area contributed by atoms with E-state index >= 15 is 0 Å². The summed E-state index contributed by atoms with van der Waals surface area (Å²) in [7, 11) is 1.57. The Morgan fingerprint density at radius 1 is 1.00 bits per heavy atom. The summed E-state index contributed by atoms with van der Waals surface area (Å²) >= 11 is 0. The second-order valence-corrected chi connectivity index (χ2v) is 6.54. The first kappa shape index (κ1) is 18.5. The van der Waals surface area contributed by atoms with Gasteiger partial charge in [-0.2, -0.15) is 0 Å². The van der Waals surface area contributed by atoms with Crippen LogP contribution in [0.4, 0.5) is 0 Å². The number of para-hydroxylation sites is 1. The van der Waals surface area contributed by atoms with Crippen LogP contribution in [0.5, 0.6) is 17.2 Å². The van der Waals surface area contributed by atoms with Crippen LogP contribution in [0, 0.1) is 6.92 Å². The van der Waals surface area contributed by atoms with Gasteiger partial charge in [0, 0.05) is 11.6 Å². The lowest BCUT2D eigenvalue weighted by molar-refractivity contribution is 0.0733. The van der Waals surface area contributed by atoms with Gasteiger partial charge in [0.15, 0.2) is 5.76 Å². The molecule has 1 aliphatic heterocycles. The Labute approximate surface area is 168 Å². The van der Waals surface area contributed by atoms with Crippen molar-refractivity contribution in [3.63, 3.8) is 0 Å². The Kier molecular flexibility index (Phi) is 4.87. The van der Waals surface area contributed by atoms with E-state index in [2.05, 4.69) is 0 Å². The second kappa shape index (κ2) is 7.64. The van der Waals surface area contributed by atoms with Crippen LogP contribution in [0.1, 0.15) is 31.8 Å². The summed E-state index contributed by atoms with van der Waals surface area (Å²) in [5.41, 5.74) is 2.47. The van der Waals surface area contributed by atoms with Gasteiger partial charge in [0.05, 0.1) is 18.2 Å². The molecule has 0 unspecified atom stereocenters. The van der Waals surface area contributed by atoms with Crippen LogP contribution in [0.2, 0.25) is 0 Å². The molecule has 0 N–H and O–H groups in total. The van der Waals surface area contributed by atoms with Crippen molar-refractivity contribution in [3.05, 3.63) is 94.7 Å². The fourth-order valence-corrected chi connectivity index (χ4v) is 3.12. The van der Waals surface area contributed by atoms with Crippen molar-refractivity contribution >= 4 is 17.8 Å². The lowest BCUT2D eigenvalue weighted by Gasteiger charge is -2.07. The molecule has 1 aliphatic rings. The molecule has 5 nitrogen and oxygen atoms in total. The Hall–Kier alpha value is -3.86. The third-order valence-electron chi connectivity index (χ3n) is 4.64. The van der Waals surface area contributed by atoms with Crippen LogP contribution >= 0.6 is 0 Å². The number of benzene rings is 3. The quantitative estimate of drug-likeness (QED) is 0.365. The molecule has 0 saturated carbocycles. The normalized spacial score (nSPS) is 13.7. The minimum absolute atomic E-state index is 0.187. The molecule has 0 spiro atoms. The van der Waals surface area contributed by atoms with E-state index in [1.54, 1.807) is 43.5 Å². The summed E-state index contributed by atoms with van der Waals surface area (Å²) in [6, 6.07) is 19.3. The van der Waals surface area contributed by atoms with E-state index in [1.807, 2.05) is 43.3 Å². The number of carbonyl (C=O) groups is 2. The smallest absolute Gasteiger partial charge is 0.343 e. The zero-order valence-electron chi connectivity index (χ0n) is 16.0. The number of fused-ring (bicyclic) bond motifs is 1. The van der Waals surface area contributed by atoms with Crippen molar-refractivity contribution in [1.82, 2.24) is 0 Å². The summed E-state index contributed by atoms with van der Waals surface area (Å²) in [5, 5.41) is 0. The average molecular weight is 386 g/mol. The maximum atomic E-state index is 12.7. The number of esters is 1. The van der Waals surface area contributed by atoms with Crippen LogP contribution in [0.15, 0.2) is 72.5 Å². The molecule has 0 atom stereocenters. The average Bonchev–Trinajstić information content (AvgIpc) is 3.03. The Morgan fingerprint density at radius 2 is 1.76 bits per heavy atom. The van der Waals surface area contributed by atoms with Gasteiger partial charge in [0.25, 0.3) is 0 Å². The molecule has 144 valence electrons. The van der Waals surface area contributed by atoms with E-state index in [-0.39, 0.29) is 11.5 Å². The number of Topliss-reactive ketones (excluding diaryl/α,β-unsaturated/α-hetero) is 1. The van der Waals surface area contributed by atoms with Gasteiger partial charge >= 0.3 is 5.97 Å². The van der Waals surface area contributed by atoms with Gasteiger partial charge in [0.1, 0.15) is 17.2 Å². The SMILES string of the molecule is COc1ccccc1C=C1Oc2cc(OC(=O)c3ccccc3C)ccc2C1=O. The van der Waals surface area contributed by atoms with Gasteiger partial charge < -0.3 is 14.2 Å². The molecule has 0 fully saturated rings. The van der Waals surface area contributed by atoms with Gasteiger partial charge in [-0.1, -0.05) is 36.4 Å². The van der Waals surface area contributed by atoms with Crippen molar-refractivity contribution < 1.29 is 23.8 Å². The lowest BCUT2D eigenvalue weighted by Crippen LogP contribution is -2.10. The molecule has 0 bridgehead atoms. The summed E-state index contributed by atoms with van der Waals surface area (Å²) < 4.78 is 16.5. The molecule has 29 heavy (non-hydrogen) atoms. The molecule has 5 heteroatoms. The van der Waals surface area contributed by atoms with Gasteiger partial charge in [-0.3, -0.25) is 4.79 Å². The predicted octanol–water partition coefficient (Wildman–Crippen LogP) is 4.84. The van der Waals surface area contributed by atoms with Crippen LogP contribution in [0.25, 0.3) is 6.08 Å². The third-order valence-corrected chi connectivity index (χ3v) is 4.64. The number of hydrogen-bond acceptors (Lipinski definition) is 5. The third kappa shape index (κ3) is 3.62. The van der Waals surface area contributed by atoms with Crippen LogP contribution in [0.3, 0.4) is 0 Å². The maximum absolute atomic E-state index is 12.7. The highest BCUT2D eigenvalue weighted by molar-refractivity contribution is 6.14. The first-order chi connectivity index (χ1) is 14.1. The molecule has 0 aromatic heterocycles. The van der Waals surface area contributed by atoms with Gasteiger partial charge in [-0.05, 0) is 42.8 Å². The van der Waals surface area contributed by atoms with E-state index in [9.17, 15) is 9.59 Å². The van der Waals surface area contributed by atoms with Gasteiger partial charge in [-0.25, -0.2) is 4.79 Å². The van der Waals surface area contributed by atoms with Crippen LogP contribution in [-0.4, -0.2) is 18.9 Å². The van der Waals surface area contributed by atoms with E-state index < -0.39 is 5.97 Å². The molecular weight excluding hydrogens is 368 g/mol. The zero-order chi connectivity index (χ0) is 20.4. The minimum Gasteiger partial charge on any atom is -0.496 e. The van der Waals surface area contributed by atoms with E-state index in [4.69, 9.17) is 14.2 Å². The number of aryl methyl sites for hydroxylation is 1. The topological polar surface area (TPSA) is 61.8 Å². The molecule has 0 amide bonds. The monoisotopic (exact) mass is 386 g/mol. The number of rotatable bonds is 4. The second-order valence-electron chi connectivity index (χ2n) is 6.54. The summed E-state index contributed by atoms with van der Waals surface area (Å²) in [6.07, 6.45) is 1.64. The number of allylic oxidation sites excluding steroid dienone is 1. The standard InChI is InChI=1S/C24H18O5/c1-15-7-3-5-9-18(15)24(26)28-17-11-12-19-21(14-17)29-22(23(19)25)13-16-8-4-6-10-20(16)27-2/h3-14H,1-2H3. The highest BCUT2D eigenvalue weighted by Crippen LogP contribution is 2.36. The van der Waals surface area contributed by atoms with Crippen molar-refractivity contribution in [1.29, 1.82) is 0 Å². The fraction of sp³-hybridized carbons (Fsp3) is 0.0833. The van der Waals surface area contributed by atoms with Crippen molar-refractivity contribution in [2.75, 3.05) is 7.11 Å². The number of methoxy groups -OCH3 is 1. The minimum atomic E-state index is -0.461. The molecule has 4 rings (SSSR count). The van der Waals surface area contributed by atoms with E-state index in [1.165, 1.54) is 0 Å². The van der Waals surface area contributed by atoms with Crippen LogP contribution in [-0.2, 0) is 0 Å². The Balaban J connectivity index is 1.58. The number of ether oxygens (including phenoxy) is 3. The molecule has 1 heterocycles. The predicted molar refractivity (Wildman–Crippen MR) is 109 cm³/mol. The molecule has 0 aliphatic carbocycles. The molecule has 3 aromatic rings. The van der Waals surface area contributed by atoms with Gasteiger partial charge in [-0.15, -0.1) is 0 Å². The molecule has 0 saturated heterocycles. The fourth-order valence-electron chi connectivity index (χ4n) is 3.12. The van der Waals surface area contributed by atoms with E-state index in [0.29, 0.717) is 28.4 Å². The lowest BCUT2D eigenvalue weighted by atomic mass is 10.1. The molecular formula is C24H18O5. The largest absolute Gasteiger partial charge is 0.496 e. The Morgan fingerprint density at radius 3 is 2.55 bits per heavy atom. The summed E-state index contributed by atoms with van der Waals surface area (Å²) in [5.74, 6) is 0.793. The first-order valence-electron chi connectivity index (χ1n) is 9.06. The first-order valence-corrected chi connectivity index (χ1v) is 9.06. The highest BCUT2D eigenvalue weighted by atomic mass is 16.5. The summed E-state index contributed by atoms with van der Waals surface area (Å²) in [6.45, 7) is 1.84. The maximum Gasteiger partial charge on any atom is 0.343 e. The highest BCUT2D eigenvalue weighted by Gasteiger charge is 2.28. The molecule has 0 radical (unpaired) electrons. The summed E-state index contributed by atoms with van der Waals surface area (Å²) in [4.78, 5) is 25.1.